The molecule has 1 aromatic rings. The number of carbonyl (C=O) groups is 1. The Morgan fingerprint density at radius 2 is 1.91 bits per heavy atom. The normalized spacial score (nSPS) is 31.4. The molecule has 2 fully saturated rings. The van der Waals surface area contributed by atoms with Crippen molar-refractivity contribution in [3.63, 3.8) is 0 Å². The maximum Gasteiger partial charge on any atom is 0.226 e. The molecule has 1 amide bonds. The number of aliphatic hydroxyl groups is 1. The lowest BCUT2D eigenvalue weighted by molar-refractivity contribution is -0.138. The lowest BCUT2D eigenvalue weighted by atomic mass is 9.82. The molecule has 3 rings (SSSR count). The first kappa shape index (κ1) is 16.4. The van der Waals surface area contributed by atoms with Crippen LogP contribution in [0.4, 0.5) is 8.78 Å². The van der Waals surface area contributed by atoms with Crippen LogP contribution in [0.3, 0.4) is 0 Å². The molecule has 1 saturated carbocycles. The smallest absolute Gasteiger partial charge is 0.226 e. The van der Waals surface area contributed by atoms with Crippen LogP contribution in [0.15, 0.2) is 18.2 Å². The molecule has 2 aliphatic rings. The third-order valence-electron chi connectivity index (χ3n) is 5.24. The van der Waals surface area contributed by atoms with E-state index < -0.39 is 23.8 Å². The van der Waals surface area contributed by atoms with Gasteiger partial charge in [0, 0.05) is 18.0 Å². The maximum atomic E-state index is 14.1. The van der Waals surface area contributed by atoms with E-state index >= 15 is 0 Å². The van der Waals surface area contributed by atoms with Crippen LogP contribution in [0, 0.1) is 23.5 Å². The Morgan fingerprint density at radius 3 is 2.61 bits per heavy atom. The standard InChI is InChI=1S/C18H23F2NO2/c1-11-2-4-12(5-3-11)18(23)21-10-14(22)9-17(21)15-8-13(19)6-7-16(15)20/h6-8,11-12,14,17,22H,2-5,9-10H2,1H3. The minimum absolute atomic E-state index is 0.0258. The van der Waals surface area contributed by atoms with Crippen LogP contribution in [0.1, 0.15) is 50.6 Å². The lowest BCUT2D eigenvalue weighted by Crippen LogP contribution is -2.38. The molecule has 126 valence electrons. The summed E-state index contributed by atoms with van der Waals surface area (Å²) in [5.74, 6) is -0.500. The molecule has 2 unspecified atom stereocenters. The van der Waals surface area contributed by atoms with Crippen LogP contribution >= 0.6 is 0 Å². The number of aliphatic hydroxyl groups excluding tert-OH is 1. The van der Waals surface area contributed by atoms with Gasteiger partial charge in [0.05, 0.1) is 12.1 Å². The highest BCUT2D eigenvalue weighted by atomic mass is 19.1. The fourth-order valence-corrected chi connectivity index (χ4v) is 3.86. The van der Waals surface area contributed by atoms with Crippen LogP contribution in [0.5, 0.6) is 0 Å². The van der Waals surface area contributed by atoms with Crippen LogP contribution in [-0.4, -0.2) is 28.6 Å². The summed E-state index contributed by atoms with van der Waals surface area (Å²) >= 11 is 0. The average molecular weight is 323 g/mol. The number of rotatable bonds is 2. The maximum absolute atomic E-state index is 14.1. The van der Waals surface area contributed by atoms with Crippen molar-refractivity contribution in [3.05, 3.63) is 35.4 Å². The van der Waals surface area contributed by atoms with E-state index in [4.69, 9.17) is 0 Å². The summed E-state index contributed by atoms with van der Waals surface area (Å²) in [6.45, 7) is 2.39. The van der Waals surface area contributed by atoms with Crippen molar-refractivity contribution in [3.8, 4) is 0 Å². The molecule has 2 atom stereocenters. The number of nitrogens with zero attached hydrogens (tertiary/aromatic N) is 1. The van der Waals surface area contributed by atoms with Crippen LogP contribution < -0.4 is 0 Å². The molecule has 0 aromatic heterocycles. The number of benzene rings is 1. The first-order valence-corrected chi connectivity index (χ1v) is 8.39. The fourth-order valence-electron chi connectivity index (χ4n) is 3.86. The molecular formula is C18H23F2NO2. The second-order valence-corrected chi connectivity index (χ2v) is 7.02. The van der Waals surface area contributed by atoms with Gasteiger partial charge < -0.3 is 10.0 Å². The summed E-state index contributed by atoms with van der Waals surface area (Å²) in [7, 11) is 0. The Kier molecular flexibility index (Phi) is 4.67. The lowest BCUT2D eigenvalue weighted by Gasteiger charge is -2.32. The molecule has 1 aliphatic carbocycles. The van der Waals surface area contributed by atoms with E-state index in [1.165, 1.54) is 0 Å². The fraction of sp³-hybridized carbons (Fsp3) is 0.611. The first-order chi connectivity index (χ1) is 11.0. The van der Waals surface area contributed by atoms with E-state index in [1.807, 2.05) is 0 Å². The van der Waals surface area contributed by atoms with Crippen LogP contribution in [0.25, 0.3) is 0 Å². The van der Waals surface area contributed by atoms with Crippen molar-refractivity contribution in [1.29, 1.82) is 0 Å². The highest BCUT2D eigenvalue weighted by Crippen LogP contribution is 2.38. The van der Waals surface area contributed by atoms with Crippen molar-refractivity contribution in [2.45, 2.75) is 51.2 Å². The summed E-state index contributed by atoms with van der Waals surface area (Å²) < 4.78 is 27.6. The third-order valence-corrected chi connectivity index (χ3v) is 5.24. The van der Waals surface area contributed by atoms with Gasteiger partial charge in [-0.3, -0.25) is 4.79 Å². The minimum Gasteiger partial charge on any atom is -0.391 e. The van der Waals surface area contributed by atoms with Gasteiger partial charge in [-0.25, -0.2) is 8.78 Å². The topological polar surface area (TPSA) is 40.5 Å². The highest BCUT2D eigenvalue weighted by molar-refractivity contribution is 5.80. The Hall–Kier alpha value is -1.49. The largest absolute Gasteiger partial charge is 0.391 e. The van der Waals surface area contributed by atoms with Crippen molar-refractivity contribution in [2.24, 2.45) is 11.8 Å². The van der Waals surface area contributed by atoms with Gasteiger partial charge in [-0.05, 0) is 56.2 Å². The SMILES string of the molecule is CC1CCC(C(=O)N2CC(O)CC2c2cc(F)ccc2F)CC1. The monoisotopic (exact) mass is 323 g/mol. The van der Waals surface area contributed by atoms with Crippen LogP contribution in [0.2, 0.25) is 0 Å². The molecule has 0 spiro atoms. The summed E-state index contributed by atoms with van der Waals surface area (Å²) in [5.41, 5.74) is 0.166. The van der Waals surface area contributed by atoms with Crippen molar-refractivity contribution in [2.75, 3.05) is 6.54 Å². The molecule has 0 bridgehead atoms. The van der Waals surface area contributed by atoms with E-state index in [2.05, 4.69) is 6.92 Å². The number of halogens is 2. The molecule has 5 heteroatoms. The molecule has 1 aliphatic heterocycles. The second-order valence-electron chi connectivity index (χ2n) is 7.02. The molecule has 3 nitrogen and oxygen atoms in total. The Morgan fingerprint density at radius 1 is 1.22 bits per heavy atom. The summed E-state index contributed by atoms with van der Waals surface area (Å²) in [6, 6.07) is 2.72. The predicted molar refractivity (Wildman–Crippen MR) is 82.6 cm³/mol. The molecular weight excluding hydrogens is 300 g/mol. The molecule has 1 N–H and O–H groups in total. The van der Waals surface area contributed by atoms with Crippen molar-refractivity contribution in [1.82, 2.24) is 4.90 Å². The van der Waals surface area contributed by atoms with Gasteiger partial charge in [-0.15, -0.1) is 0 Å². The van der Waals surface area contributed by atoms with E-state index in [0.29, 0.717) is 5.92 Å². The number of hydrogen-bond acceptors (Lipinski definition) is 2. The Bertz CT molecular complexity index is 584. The number of hydrogen-bond donors (Lipinski definition) is 1. The van der Waals surface area contributed by atoms with Gasteiger partial charge in [0.1, 0.15) is 11.6 Å². The first-order valence-electron chi connectivity index (χ1n) is 8.39. The zero-order valence-electron chi connectivity index (χ0n) is 13.3. The molecule has 0 radical (unpaired) electrons. The Balaban J connectivity index is 1.82. The zero-order valence-corrected chi connectivity index (χ0v) is 13.3. The number of β-amino-alcohol motifs (C(OH)–C–C–N with tert-alkyl or cyclic N) is 1. The third kappa shape index (κ3) is 3.39. The number of likely N-dealkylation sites (tertiary alicyclic amines) is 1. The van der Waals surface area contributed by atoms with E-state index in [0.717, 1.165) is 43.9 Å². The van der Waals surface area contributed by atoms with E-state index in [1.54, 1.807) is 4.90 Å². The average Bonchev–Trinajstić information content (AvgIpc) is 2.91. The predicted octanol–water partition coefficient (Wildman–Crippen LogP) is 3.43. The second kappa shape index (κ2) is 6.56. The quantitative estimate of drug-likeness (QED) is 0.906. The van der Waals surface area contributed by atoms with Gasteiger partial charge in [0.25, 0.3) is 0 Å². The highest BCUT2D eigenvalue weighted by Gasteiger charge is 2.39. The van der Waals surface area contributed by atoms with Crippen molar-refractivity contribution < 1.29 is 18.7 Å². The molecule has 1 heterocycles. The van der Waals surface area contributed by atoms with Crippen LogP contribution in [-0.2, 0) is 4.79 Å². The zero-order chi connectivity index (χ0) is 16.6. The Labute approximate surface area is 135 Å². The van der Waals surface area contributed by atoms with Gasteiger partial charge in [-0.2, -0.15) is 0 Å². The van der Waals surface area contributed by atoms with Gasteiger partial charge in [0.2, 0.25) is 5.91 Å². The van der Waals surface area contributed by atoms with E-state index in [9.17, 15) is 18.7 Å². The van der Waals surface area contributed by atoms with E-state index in [-0.39, 0.29) is 30.4 Å². The van der Waals surface area contributed by atoms with Gasteiger partial charge in [0.15, 0.2) is 0 Å². The number of carbonyl (C=O) groups excluding carboxylic acids is 1. The summed E-state index contributed by atoms with van der Waals surface area (Å²) in [6.07, 6.45) is 3.29. The van der Waals surface area contributed by atoms with Gasteiger partial charge >= 0.3 is 0 Å². The summed E-state index contributed by atoms with van der Waals surface area (Å²) in [4.78, 5) is 14.4. The molecule has 23 heavy (non-hydrogen) atoms. The van der Waals surface area contributed by atoms with Gasteiger partial charge in [-0.1, -0.05) is 6.92 Å². The molecule has 1 saturated heterocycles. The van der Waals surface area contributed by atoms with Crippen molar-refractivity contribution >= 4 is 5.91 Å². The number of amides is 1. The summed E-state index contributed by atoms with van der Waals surface area (Å²) in [5, 5.41) is 9.97. The molecule has 1 aromatic carbocycles. The minimum atomic E-state index is -0.686.